The summed E-state index contributed by atoms with van der Waals surface area (Å²) in [4.78, 5) is 29.2. The number of aryl methyl sites for hydroxylation is 3. The smallest absolute Gasteiger partial charge is 0.272 e. The first-order valence-corrected chi connectivity index (χ1v) is 9.55. The summed E-state index contributed by atoms with van der Waals surface area (Å²) in [5, 5.41) is 4.52. The molecule has 1 aliphatic rings. The maximum atomic E-state index is 13.0. The summed E-state index contributed by atoms with van der Waals surface area (Å²) >= 11 is 0. The average Bonchev–Trinajstić information content (AvgIpc) is 3.04. The molecule has 0 unspecified atom stereocenters. The van der Waals surface area contributed by atoms with Crippen LogP contribution < -0.4 is 4.90 Å². The Balaban J connectivity index is 1.78. The molecule has 1 aromatic carbocycles. The molecule has 144 valence electrons. The maximum Gasteiger partial charge on any atom is 0.272 e. The zero-order chi connectivity index (χ0) is 19.7. The number of amides is 2. The molecule has 2 heterocycles. The molecule has 0 N–H and O–H groups in total. The summed E-state index contributed by atoms with van der Waals surface area (Å²) in [5.41, 5.74) is 4.63. The standard InChI is InChI=1S/C21H28N4O2/c1-6-25-19(12-18(22-25)14(2)3)21(27)23-7-8-24(20(26)13-23)17-10-15(4)9-16(5)11-17/h9-12,14H,6-8,13H2,1-5H3. The van der Waals surface area contributed by atoms with Crippen molar-refractivity contribution in [2.45, 2.75) is 47.1 Å². The molecule has 1 fully saturated rings. The van der Waals surface area contributed by atoms with Crippen molar-refractivity contribution in [3.05, 3.63) is 46.8 Å². The molecule has 1 aromatic heterocycles. The van der Waals surface area contributed by atoms with E-state index in [4.69, 9.17) is 0 Å². The van der Waals surface area contributed by atoms with Crippen LogP contribution in [0.25, 0.3) is 0 Å². The number of hydrogen-bond donors (Lipinski definition) is 0. The Hall–Kier alpha value is -2.63. The van der Waals surface area contributed by atoms with Crippen molar-refractivity contribution in [3.63, 3.8) is 0 Å². The molecular formula is C21H28N4O2. The molecule has 27 heavy (non-hydrogen) atoms. The van der Waals surface area contributed by atoms with Crippen LogP contribution in [-0.2, 0) is 11.3 Å². The van der Waals surface area contributed by atoms with Crippen molar-refractivity contribution < 1.29 is 9.59 Å². The van der Waals surface area contributed by atoms with Crippen molar-refractivity contribution in [1.29, 1.82) is 0 Å². The van der Waals surface area contributed by atoms with Gasteiger partial charge in [0.1, 0.15) is 12.2 Å². The number of piperazine rings is 1. The van der Waals surface area contributed by atoms with Gasteiger partial charge in [-0.25, -0.2) is 0 Å². The molecule has 0 aliphatic carbocycles. The van der Waals surface area contributed by atoms with Crippen LogP contribution in [-0.4, -0.2) is 46.1 Å². The third-order valence-electron chi connectivity index (χ3n) is 4.94. The van der Waals surface area contributed by atoms with Crippen molar-refractivity contribution >= 4 is 17.5 Å². The Morgan fingerprint density at radius 3 is 2.33 bits per heavy atom. The third kappa shape index (κ3) is 3.89. The Morgan fingerprint density at radius 1 is 1.11 bits per heavy atom. The highest BCUT2D eigenvalue weighted by Crippen LogP contribution is 2.22. The number of hydrogen-bond acceptors (Lipinski definition) is 3. The molecule has 6 nitrogen and oxygen atoms in total. The van der Waals surface area contributed by atoms with E-state index in [-0.39, 0.29) is 24.3 Å². The number of aromatic nitrogens is 2. The van der Waals surface area contributed by atoms with Gasteiger partial charge in [-0.2, -0.15) is 5.10 Å². The van der Waals surface area contributed by atoms with Crippen LogP contribution in [0, 0.1) is 13.8 Å². The topological polar surface area (TPSA) is 58.4 Å². The lowest BCUT2D eigenvalue weighted by Gasteiger charge is -2.34. The second-order valence-corrected chi connectivity index (χ2v) is 7.54. The van der Waals surface area contributed by atoms with Crippen LogP contribution in [0.5, 0.6) is 0 Å². The van der Waals surface area contributed by atoms with E-state index >= 15 is 0 Å². The summed E-state index contributed by atoms with van der Waals surface area (Å²) in [6.07, 6.45) is 0. The van der Waals surface area contributed by atoms with Crippen LogP contribution in [0.1, 0.15) is 54.0 Å². The van der Waals surface area contributed by atoms with E-state index in [1.165, 1.54) is 0 Å². The van der Waals surface area contributed by atoms with Gasteiger partial charge >= 0.3 is 0 Å². The summed E-state index contributed by atoms with van der Waals surface area (Å²) in [6, 6.07) is 7.98. The van der Waals surface area contributed by atoms with E-state index in [9.17, 15) is 9.59 Å². The third-order valence-corrected chi connectivity index (χ3v) is 4.94. The fourth-order valence-electron chi connectivity index (χ4n) is 3.52. The number of nitrogens with zero attached hydrogens (tertiary/aromatic N) is 4. The lowest BCUT2D eigenvalue weighted by atomic mass is 10.1. The summed E-state index contributed by atoms with van der Waals surface area (Å²) in [5.74, 6) is 0.0864. The first kappa shape index (κ1) is 19.1. The molecule has 0 radical (unpaired) electrons. The number of carbonyl (C=O) groups excluding carboxylic acids is 2. The second kappa shape index (κ2) is 7.55. The van der Waals surface area contributed by atoms with E-state index in [1.807, 2.05) is 39.0 Å². The lowest BCUT2D eigenvalue weighted by molar-refractivity contribution is -0.120. The Labute approximate surface area is 160 Å². The highest BCUT2D eigenvalue weighted by atomic mass is 16.2. The predicted octanol–water partition coefficient (Wildman–Crippen LogP) is 3.13. The van der Waals surface area contributed by atoms with E-state index < -0.39 is 0 Å². The normalized spacial score (nSPS) is 15.0. The second-order valence-electron chi connectivity index (χ2n) is 7.54. The van der Waals surface area contributed by atoms with Crippen LogP contribution in [0.3, 0.4) is 0 Å². The number of benzene rings is 1. The zero-order valence-electron chi connectivity index (χ0n) is 16.8. The minimum Gasteiger partial charge on any atom is -0.326 e. The van der Waals surface area contributed by atoms with Gasteiger partial charge in [0.25, 0.3) is 5.91 Å². The van der Waals surface area contributed by atoms with E-state index in [2.05, 4.69) is 25.0 Å². The molecule has 0 spiro atoms. The average molecular weight is 368 g/mol. The molecular weight excluding hydrogens is 340 g/mol. The van der Waals surface area contributed by atoms with Gasteiger partial charge in [0.2, 0.25) is 5.91 Å². The van der Waals surface area contributed by atoms with E-state index in [0.717, 1.165) is 22.5 Å². The molecule has 6 heteroatoms. The summed E-state index contributed by atoms with van der Waals surface area (Å²) < 4.78 is 1.73. The zero-order valence-corrected chi connectivity index (χ0v) is 16.8. The minimum atomic E-state index is -0.121. The Bertz CT molecular complexity index is 849. The molecule has 1 saturated heterocycles. The molecule has 2 aromatic rings. The first-order chi connectivity index (χ1) is 12.8. The number of anilines is 1. The fraction of sp³-hybridized carbons (Fsp3) is 0.476. The SMILES string of the molecule is CCn1nc(C(C)C)cc1C(=O)N1CCN(c2cc(C)cc(C)c2)C(=O)C1. The quantitative estimate of drug-likeness (QED) is 0.833. The van der Waals surface area contributed by atoms with Gasteiger partial charge in [-0.3, -0.25) is 14.3 Å². The summed E-state index contributed by atoms with van der Waals surface area (Å²) in [7, 11) is 0. The van der Waals surface area contributed by atoms with Crippen molar-refractivity contribution in [3.8, 4) is 0 Å². The predicted molar refractivity (Wildman–Crippen MR) is 106 cm³/mol. The van der Waals surface area contributed by atoms with Crippen molar-refractivity contribution in [2.24, 2.45) is 0 Å². The van der Waals surface area contributed by atoms with Crippen LogP contribution in [0.4, 0.5) is 5.69 Å². The first-order valence-electron chi connectivity index (χ1n) is 9.55. The van der Waals surface area contributed by atoms with E-state index in [1.54, 1.807) is 14.5 Å². The lowest BCUT2D eigenvalue weighted by Crippen LogP contribution is -2.52. The van der Waals surface area contributed by atoms with Gasteiger partial charge in [0.15, 0.2) is 0 Å². The van der Waals surface area contributed by atoms with Gasteiger partial charge in [0, 0.05) is 25.3 Å². The molecule has 3 rings (SSSR count). The molecule has 2 amide bonds. The monoisotopic (exact) mass is 368 g/mol. The molecule has 0 atom stereocenters. The Kier molecular flexibility index (Phi) is 5.35. The van der Waals surface area contributed by atoms with Gasteiger partial charge in [0.05, 0.1) is 5.69 Å². The maximum absolute atomic E-state index is 13.0. The van der Waals surface area contributed by atoms with Gasteiger partial charge < -0.3 is 9.80 Å². The van der Waals surface area contributed by atoms with Crippen molar-refractivity contribution in [2.75, 3.05) is 24.5 Å². The van der Waals surface area contributed by atoms with Crippen LogP contribution >= 0.6 is 0 Å². The van der Waals surface area contributed by atoms with Gasteiger partial charge in [-0.05, 0) is 56.0 Å². The fourth-order valence-corrected chi connectivity index (χ4v) is 3.52. The molecule has 0 saturated carbocycles. The van der Waals surface area contributed by atoms with Crippen LogP contribution in [0.2, 0.25) is 0 Å². The molecule has 0 bridgehead atoms. The summed E-state index contributed by atoms with van der Waals surface area (Å²) in [6.45, 7) is 11.9. The minimum absolute atomic E-state index is 0.0498. The number of carbonyl (C=O) groups is 2. The van der Waals surface area contributed by atoms with Crippen LogP contribution in [0.15, 0.2) is 24.3 Å². The van der Waals surface area contributed by atoms with Gasteiger partial charge in [-0.15, -0.1) is 0 Å². The number of rotatable bonds is 4. The highest BCUT2D eigenvalue weighted by Gasteiger charge is 2.30. The Morgan fingerprint density at radius 2 is 1.78 bits per heavy atom. The van der Waals surface area contributed by atoms with E-state index in [0.29, 0.717) is 25.3 Å². The molecule has 1 aliphatic heterocycles. The van der Waals surface area contributed by atoms with Crippen molar-refractivity contribution in [1.82, 2.24) is 14.7 Å². The largest absolute Gasteiger partial charge is 0.326 e. The highest BCUT2D eigenvalue weighted by molar-refractivity contribution is 6.01. The van der Waals surface area contributed by atoms with Gasteiger partial charge in [-0.1, -0.05) is 19.9 Å².